The van der Waals surface area contributed by atoms with E-state index in [2.05, 4.69) is 0 Å². The molecular formula is C27H13F7O2. The van der Waals surface area contributed by atoms with Crippen LogP contribution in [-0.4, -0.2) is 12.1 Å². The van der Waals surface area contributed by atoms with Crippen LogP contribution in [0.4, 0.5) is 30.7 Å². The third-order valence-corrected chi connectivity index (χ3v) is 5.16. The van der Waals surface area contributed by atoms with Gasteiger partial charge in [-0.05, 0) is 54.3 Å². The number of benzene rings is 4. The van der Waals surface area contributed by atoms with Crippen LogP contribution in [0.1, 0.15) is 21.5 Å². The third kappa shape index (κ3) is 5.18. The molecule has 182 valence electrons. The Labute approximate surface area is 199 Å². The van der Waals surface area contributed by atoms with E-state index >= 15 is 0 Å². The minimum atomic E-state index is -4.95. The second-order valence-corrected chi connectivity index (χ2v) is 7.75. The van der Waals surface area contributed by atoms with Crippen LogP contribution in [0.2, 0.25) is 0 Å². The molecule has 0 heterocycles. The van der Waals surface area contributed by atoms with Crippen LogP contribution in [0.3, 0.4) is 0 Å². The number of carbonyl (C=O) groups excluding carboxylic acids is 1. The molecule has 0 unspecified atom stereocenters. The SMILES string of the molecule is Cc1ccc(OC(=O)c2cc(F)c(-c3ccc4c(F)c(C#CC(F)(F)F)c(F)cc4c3)c(F)c2)cc1. The number of carbonyl (C=O) groups is 1. The van der Waals surface area contributed by atoms with Gasteiger partial charge in [0.25, 0.3) is 0 Å². The fourth-order valence-corrected chi connectivity index (χ4v) is 3.47. The highest BCUT2D eigenvalue weighted by molar-refractivity contribution is 5.93. The number of esters is 1. The molecule has 2 nitrogen and oxygen atoms in total. The van der Waals surface area contributed by atoms with E-state index in [0.717, 1.165) is 41.8 Å². The van der Waals surface area contributed by atoms with Crippen molar-refractivity contribution in [2.45, 2.75) is 13.1 Å². The van der Waals surface area contributed by atoms with Gasteiger partial charge < -0.3 is 4.74 Å². The highest BCUT2D eigenvalue weighted by atomic mass is 19.4. The molecule has 4 aromatic carbocycles. The minimum Gasteiger partial charge on any atom is -0.423 e. The second kappa shape index (κ2) is 9.38. The summed E-state index contributed by atoms with van der Waals surface area (Å²) in [7, 11) is 0. The van der Waals surface area contributed by atoms with Gasteiger partial charge in [-0.25, -0.2) is 22.4 Å². The Balaban J connectivity index is 1.70. The highest BCUT2D eigenvalue weighted by Gasteiger charge is 2.24. The quantitative estimate of drug-likeness (QED) is 0.126. The van der Waals surface area contributed by atoms with E-state index in [4.69, 9.17) is 4.74 Å². The molecule has 36 heavy (non-hydrogen) atoms. The van der Waals surface area contributed by atoms with E-state index in [1.54, 1.807) is 12.1 Å². The Bertz CT molecular complexity index is 1540. The molecular weight excluding hydrogens is 489 g/mol. The van der Waals surface area contributed by atoms with E-state index in [1.807, 2.05) is 6.92 Å². The molecule has 9 heteroatoms. The van der Waals surface area contributed by atoms with Crippen molar-refractivity contribution < 1.29 is 40.3 Å². The van der Waals surface area contributed by atoms with Crippen molar-refractivity contribution >= 4 is 16.7 Å². The van der Waals surface area contributed by atoms with Gasteiger partial charge in [0.2, 0.25) is 0 Å². The first-order chi connectivity index (χ1) is 16.9. The first-order valence-corrected chi connectivity index (χ1v) is 10.2. The van der Waals surface area contributed by atoms with Crippen molar-refractivity contribution in [1.29, 1.82) is 0 Å². The lowest BCUT2D eigenvalue weighted by atomic mass is 9.97. The zero-order chi connectivity index (χ0) is 26.2. The monoisotopic (exact) mass is 502 g/mol. The number of rotatable bonds is 3. The minimum absolute atomic E-state index is 0.121. The molecule has 0 fully saturated rings. The van der Waals surface area contributed by atoms with E-state index in [9.17, 15) is 35.5 Å². The molecule has 0 amide bonds. The van der Waals surface area contributed by atoms with Crippen LogP contribution >= 0.6 is 0 Å². The maximum atomic E-state index is 14.9. The number of hydrogen-bond donors (Lipinski definition) is 0. The summed E-state index contributed by atoms with van der Waals surface area (Å²) in [6, 6.07) is 11.8. The molecule has 0 spiro atoms. The molecule has 0 bridgehead atoms. The summed E-state index contributed by atoms with van der Waals surface area (Å²) in [5.74, 6) is -3.59. The fraction of sp³-hybridized carbons (Fsp3) is 0.0741. The van der Waals surface area contributed by atoms with Crippen LogP contribution in [-0.2, 0) is 0 Å². The van der Waals surface area contributed by atoms with Gasteiger partial charge in [0.1, 0.15) is 29.0 Å². The normalized spacial score (nSPS) is 11.2. The van der Waals surface area contributed by atoms with Gasteiger partial charge in [0.15, 0.2) is 0 Å². The molecule has 0 aromatic heterocycles. The molecule has 0 aliphatic carbocycles. The van der Waals surface area contributed by atoms with Crippen molar-refractivity contribution in [2.24, 2.45) is 0 Å². The molecule has 4 aromatic rings. The lowest BCUT2D eigenvalue weighted by Gasteiger charge is -2.11. The summed E-state index contributed by atoms with van der Waals surface area (Å²) in [5.41, 5.74) is -1.27. The van der Waals surface area contributed by atoms with Crippen LogP contribution in [0.5, 0.6) is 5.75 Å². The molecule has 4 rings (SSSR count). The number of fused-ring (bicyclic) bond motifs is 1. The van der Waals surface area contributed by atoms with Gasteiger partial charge in [-0.3, -0.25) is 0 Å². The Hall–Kier alpha value is -4.32. The van der Waals surface area contributed by atoms with Crippen molar-refractivity contribution in [3.63, 3.8) is 0 Å². The van der Waals surface area contributed by atoms with Crippen LogP contribution in [0.25, 0.3) is 21.9 Å². The van der Waals surface area contributed by atoms with Crippen LogP contribution in [0, 0.1) is 42.0 Å². The molecule has 0 N–H and O–H groups in total. The largest absolute Gasteiger partial charge is 0.458 e. The van der Waals surface area contributed by atoms with Gasteiger partial charge >= 0.3 is 12.1 Å². The maximum absolute atomic E-state index is 14.9. The second-order valence-electron chi connectivity index (χ2n) is 7.75. The van der Waals surface area contributed by atoms with Gasteiger partial charge in [-0.15, -0.1) is 0 Å². The Morgan fingerprint density at radius 2 is 1.47 bits per heavy atom. The average molecular weight is 502 g/mol. The summed E-state index contributed by atoms with van der Waals surface area (Å²) < 4.78 is 101. The van der Waals surface area contributed by atoms with Gasteiger partial charge in [0, 0.05) is 11.3 Å². The molecule has 0 saturated carbocycles. The first kappa shape index (κ1) is 24.8. The molecule has 0 aliphatic rings. The number of aryl methyl sites for hydroxylation is 1. The predicted molar refractivity (Wildman–Crippen MR) is 118 cm³/mol. The Morgan fingerprint density at radius 3 is 2.08 bits per heavy atom. The molecule has 0 aliphatic heterocycles. The summed E-state index contributed by atoms with van der Waals surface area (Å²) in [4.78, 5) is 12.3. The van der Waals surface area contributed by atoms with Gasteiger partial charge in [0.05, 0.1) is 16.7 Å². The van der Waals surface area contributed by atoms with Crippen LogP contribution < -0.4 is 4.74 Å². The lowest BCUT2D eigenvalue weighted by molar-refractivity contribution is -0.0696. The number of alkyl halides is 3. The fourth-order valence-electron chi connectivity index (χ4n) is 3.47. The van der Waals surface area contributed by atoms with E-state index in [-0.39, 0.29) is 22.1 Å². The summed E-state index contributed by atoms with van der Waals surface area (Å²) >= 11 is 0. The third-order valence-electron chi connectivity index (χ3n) is 5.16. The van der Waals surface area contributed by atoms with E-state index in [0.29, 0.717) is 6.07 Å². The summed E-state index contributed by atoms with van der Waals surface area (Å²) in [5, 5.41) is -0.465. The van der Waals surface area contributed by atoms with Crippen molar-refractivity contribution in [1.82, 2.24) is 0 Å². The van der Waals surface area contributed by atoms with Crippen LogP contribution in [0.15, 0.2) is 60.7 Å². The van der Waals surface area contributed by atoms with E-state index in [1.165, 1.54) is 18.1 Å². The van der Waals surface area contributed by atoms with Gasteiger partial charge in [-0.2, -0.15) is 13.2 Å². The number of hydrogen-bond acceptors (Lipinski definition) is 2. The topological polar surface area (TPSA) is 26.3 Å². The summed E-state index contributed by atoms with van der Waals surface area (Å²) in [6.45, 7) is 1.82. The first-order valence-electron chi connectivity index (χ1n) is 10.2. The highest BCUT2D eigenvalue weighted by Crippen LogP contribution is 2.32. The average Bonchev–Trinajstić information content (AvgIpc) is 2.79. The van der Waals surface area contributed by atoms with Crippen molar-refractivity contribution in [3.8, 4) is 28.7 Å². The number of ether oxygens (including phenoxy) is 1. The van der Waals surface area contributed by atoms with Crippen molar-refractivity contribution in [2.75, 3.05) is 0 Å². The summed E-state index contributed by atoms with van der Waals surface area (Å²) in [6.07, 6.45) is -4.95. The number of halogens is 7. The zero-order valence-electron chi connectivity index (χ0n) is 18.2. The predicted octanol–water partition coefficient (Wildman–Crippen LogP) is 7.50. The Kier molecular flexibility index (Phi) is 6.46. The Morgan fingerprint density at radius 1 is 0.833 bits per heavy atom. The smallest absolute Gasteiger partial charge is 0.423 e. The van der Waals surface area contributed by atoms with Gasteiger partial charge in [-0.1, -0.05) is 35.7 Å². The molecule has 0 atom stereocenters. The molecule has 0 saturated heterocycles. The maximum Gasteiger partial charge on any atom is 0.458 e. The van der Waals surface area contributed by atoms with E-state index < -0.39 is 52.1 Å². The van der Waals surface area contributed by atoms with Crippen molar-refractivity contribution in [3.05, 3.63) is 101 Å². The zero-order valence-corrected chi connectivity index (χ0v) is 18.2. The standard InChI is InChI=1S/C27H13F7O2/c1-14-2-5-18(6-3-14)36-26(35)17-12-22(29)24(23(30)13-17)15-4-7-19-16(10-15)11-21(28)20(25(19)31)8-9-27(32,33)34/h2-7,10-13H,1H3. The molecule has 0 radical (unpaired) electrons. The lowest BCUT2D eigenvalue weighted by Crippen LogP contribution is -2.10.